The molecule has 0 radical (unpaired) electrons. The second-order valence-corrected chi connectivity index (χ2v) is 10.2. The van der Waals surface area contributed by atoms with E-state index in [1.165, 1.54) is 5.56 Å². The summed E-state index contributed by atoms with van der Waals surface area (Å²) in [6.45, 7) is 8.61. The molecule has 168 valence electrons. The van der Waals surface area contributed by atoms with Gasteiger partial charge in [0.2, 0.25) is 0 Å². The fourth-order valence-electron chi connectivity index (χ4n) is 3.93. The molecule has 31 heavy (non-hydrogen) atoms. The monoisotopic (exact) mass is 442 g/mol. The van der Waals surface area contributed by atoms with Crippen LogP contribution in [0, 0.1) is 0 Å². The van der Waals surface area contributed by atoms with E-state index in [0.29, 0.717) is 45.4 Å². The number of hydrogen-bond donors (Lipinski definition) is 2. The van der Waals surface area contributed by atoms with E-state index in [1.807, 2.05) is 57.2 Å². The molecule has 1 atom stereocenters. The van der Waals surface area contributed by atoms with Gasteiger partial charge in [0.25, 0.3) is 0 Å². The zero-order valence-electron chi connectivity index (χ0n) is 18.8. The summed E-state index contributed by atoms with van der Waals surface area (Å²) < 4.78 is 17.7. The maximum atomic E-state index is 10.6. The van der Waals surface area contributed by atoms with E-state index in [4.69, 9.17) is 18.3 Å². The van der Waals surface area contributed by atoms with E-state index in [1.54, 1.807) is 0 Å². The Balaban J connectivity index is 1.65. The Morgan fingerprint density at radius 1 is 0.871 bits per heavy atom. The quantitative estimate of drug-likeness (QED) is 0.304. The molecule has 0 aliphatic carbocycles. The minimum Gasteiger partial charge on any atom is -0.392 e. The van der Waals surface area contributed by atoms with E-state index in [2.05, 4.69) is 17.4 Å². The minimum atomic E-state index is -2.73. The molecule has 0 spiro atoms. The lowest BCUT2D eigenvalue weighted by Crippen LogP contribution is -2.46. The van der Waals surface area contributed by atoms with E-state index < -0.39 is 14.9 Å². The van der Waals surface area contributed by atoms with Crippen molar-refractivity contribution in [3.8, 4) is 0 Å². The van der Waals surface area contributed by atoms with Crippen LogP contribution in [-0.2, 0) is 19.8 Å². The van der Waals surface area contributed by atoms with E-state index in [9.17, 15) is 5.11 Å². The molecule has 0 aliphatic heterocycles. The number of rotatable bonds is 13. The Hall–Kier alpha value is -1.87. The first-order chi connectivity index (χ1) is 15.1. The molecular formula is C24H34N2O4Si. The zero-order chi connectivity index (χ0) is 22.1. The first-order valence-corrected chi connectivity index (χ1v) is 13.1. The van der Waals surface area contributed by atoms with Crippen LogP contribution in [-0.4, -0.2) is 51.4 Å². The van der Waals surface area contributed by atoms with Crippen molar-refractivity contribution in [2.45, 2.75) is 45.9 Å². The van der Waals surface area contributed by atoms with Crippen molar-refractivity contribution in [3.05, 3.63) is 54.1 Å². The highest BCUT2D eigenvalue weighted by atomic mass is 28.4. The number of nitrogens with zero attached hydrogens (tertiary/aromatic N) is 1. The molecule has 1 unspecified atom stereocenters. The van der Waals surface area contributed by atoms with Gasteiger partial charge in [-0.25, -0.2) is 4.98 Å². The average molecular weight is 443 g/mol. The SMILES string of the molecule is CCO[Si](CCC(O)CNCc1c2ccccc2nc2ccccc12)(OCC)OCC. The number of hydrogen-bond acceptors (Lipinski definition) is 6. The summed E-state index contributed by atoms with van der Waals surface area (Å²) in [5, 5.41) is 16.3. The fraction of sp³-hybridized carbons (Fsp3) is 0.458. The number of aliphatic hydroxyl groups is 1. The lowest BCUT2D eigenvalue weighted by atomic mass is 10.0. The van der Waals surface area contributed by atoms with Gasteiger partial charge in [-0.05, 0) is 44.9 Å². The van der Waals surface area contributed by atoms with Gasteiger partial charge in [-0.1, -0.05) is 36.4 Å². The lowest BCUT2D eigenvalue weighted by molar-refractivity contribution is 0.0651. The number of aromatic nitrogens is 1. The molecule has 1 aromatic heterocycles. The molecule has 2 N–H and O–H groups in total. The third kappa shape index (κ3) is 6.09. The third-order valence-corrected chi connectivity index (χ3v) is 8.34. The summed E-state index contributed by atoms with van der Waals surface area (Å²) in [5.74, 6) is 0. The first-order valence-electron chi connectivity index (χ1n) is 11.2. The molecule has 7 heteroatoms. The van der Waals surface area contributed by atoms with Crippen molar-refractivity contribution in [3.63, 3.8) is 0 Å². The van der Waals surface area contributed by atoms with Crippen LogP contribution >= 0.6 is 0 Å². The average Bonchev–Trinajstić information content (AvgIpc) is 2.78. The Kier molecular flexibility index (Phi) is 8.95. The van der Waals surface area contributed by atoms with Crippen molar-refractivity contribution in [2.75, 3.05) is 26.4 Å². The third-order valence-electron chi connectivity index (χ3n) is 5.26. The van der Waals surface area contributed by atoms with Crippen LogP contribution in [0.3, 0.4) is 0 Å². The van der Waals surface area contributed by atoms with Crippen LogP contribution in [0.2, 0.25) is 6.04 Å². The van der Waals surface area contributed by atoms with Gasteiger partial charge in [-0.15, -0.1) is 0 Å². The van der Waals surface area contributed by atoms with E-state index >= 15 is 0 Å². The summed E-state index contributed by atoms with van der Waals surface area (Å²) in [7, 11) is -2.73. The van der Waals surface area contributed by atoms with E-state index in [0.717, 1.165) is 21.8 Å². The van der Waals surface area contributed by atoms with Gasteiger partial charge in [-0.3, -0.25) is 0 Å². The fourth-order valence-corrected chi connectivity index (χ4v) is 6.62. The molecule has 0 saturated heterocycles. The summed E-state index contributed by atoms with van der Waals surface area (Å²) in [4.78, 5) is 4.78. The van der Waals surface area contributed by atoms with Crippen molar-refractivity contribution < 1.29 is 18.4 Å². The Bertz CT molecular complexity index is 898. The van der Waals surface area contributed by atoms with Crippen molar-refractivity contribution >= 4 is 30.6 Å². The lowest BCUT2D eigenvalue weighted by Gasteiger charge is -2.29. The number of pyridine rings is 1. The number of aliphatic hydroxyl groups excluding tert-OH is 1. The second kappa shape index (κ2) is 11.7. The molecule has 1 heterocycles. The summed E-state index contributed by atoms with van der Waals surface area (Å²) >= 11 is 0. The van der Waals surface area contributed by atoms with Gasteiger partial charge < -0.3 is 23.7 Å². The summed E-state index contributed by atoms with van der Waals surface area (Å²) in [6, 6.07) is 17.0. The Morgan fingerprint density at radius 2 is 1.39 bits per heavy atom. The minimum absolute atomic E-state index is 0.486. The molecule has 2 aromatic carbocycles. The van der Waals surface area contributed by atoms with Crippen molar-refractivity contribution in [1.29, 1.82) is 0 Å². The number of nitrogens with one attached hydrogen (secondary N) is 1. The Morgan fingerprint density at radius 3 is 1.90 bits per heavy atom. The molecule has 6 nitrogen and oxygen atoms in total. The smallest absolute Gasteiger partial charge is 0.392 e. The second-order valence-electron chi connectivity index (χ2n) is 7.43. The molecule has 3 rings (SSSR count). The van der Waals surface area contributed by atoms with Crippen molar-refractivity contribution in [1.82, 2.24) is 10.3 Å². The molecule has 0 aliphatic rings. The maximum absolute atomic E-state index is 10.6. The number of para-hydroxylation sites is 2. The topological polar surface area (TPSA) is 72.8 Å². The van der Waals surface area contributed by atoms with Gasteiger partial charge in [0.1, 0.15) is 0 Å². The molecule has 0 fully saturated rings. The summed E-state index contributed by atoms with van der Waals surface area (Å²) in [5.41, 5.74) is 3.18. The maximum Gasteiger partial charge on any atom is 0.501 e. The molecule has 0 amide bonds. The van der Waals surface area contributed by atoms with Crippen LogP contribution in [0.25, 0.3) is 21.8 Å². The van der Waals surface area contributed by atoms with Gasteiger partial charge in [0.15, 0.2) is 0 Å². The van der Waals surface area contributed by atoms with Crippen LogP contribution < -0.4 is 5.32 Å². The Labute approximate surface area is 185 Å². The van der Waals surface area contributed by atoms with Crippen molar-refractivity contribution in [2.24, 2.45) is 0 Å². The van der Waals surface area contributed by atoms with Crippen LogP contribution in [0.15, 0.2) is 48.5 Å². The number of benzene rings is 2. The molecular weight excluding hydrogens is 408 g/mol. The number of fused-ring (bicyclic) bond motifs is 2. The van der Waals surface area contributed by atoms with E-state index in [-0.39, 0.29) is 0 Å². The van der Waals surface area contributed by atoms with Gasteiger partial charge in [0.05, 0.1) is 17.1 Å². The largest absolute Gasteiger partial charge is 0.501 e. The highest BCUT2D eigenvalue weighted by Crippen LogP contribution is 2.26. The van der Waals surface area contributed by atoms with Crippen LogP contribution in [0.5, 0.6) is 0 Å². The molecule has 0 bridgehead atoms. The standard InChI is InChI=1S/C24H34N2O4Si/c1-4-28-31(29-5-2,30-6-3)16-15-19(27)17-25-18-22-20-11-7-9-13-23(20)26-24-14-10-8-12-21(22)24/h7-14,19,25,27H,4-6,15-18H2,1-3H3. The first kappa shape index (κ1) is 23.8. The predicted molar refractivity (Wildman–Crippen MR) is 127 cm³/mol. The van der Waals surface area contributed by atoms with Gasteiger partial charge >= 0.3 is 8.80 Å². The zero-order valence-corrected chi connectivity index (χ0v) is 19.8. The summed E-state index contributed by atoms with van der Waals surface area (Å²) in [6.07, 6.45) is 0.0597. The molecule has 3 aromatic rings. The normalized spacial score (nSPS) is 13.2. The molecule has 0 saturated carbocycles. The highest BCUT2D eigenvalue weighted by Gasteiger charge is 2.40. The van der Waals surface area contributed by atoms with Crippen LogP contribution in [0.1, 0.15) is 32.8 Å². The highest BCUT2D eigenvalue weighted by molar-refractivity contribution is 6.60. The van der Waals surface area contributed by atoms with Gasteiger partial charge in [0, 0.05) is 49.7 Å². The van der Waals surface area contributed by atoms with Gasteiger partial charge in [-0.2, -0.15) is 0 Å². The predicted octanol–water partition coefficient (Wildman–Crippen LogP) is 4.28. The van der Waals surface area contributed by atoms with Crippen LogP contribution in [0.4, 0.5) is 0 Å².